The van der Waals surface area contributed by atoms with E-state index in [0.717, 1.165) is 6.07 Å². The van der Waals surface area contributed by atoms with E-state index in [0.29, 0.717) is 0 Å². The standard InChI is InChI=1S/C8H8F3NO2/c9-8(10,11)4-14-7-2-1-5(12)3-6(7)13/h1-3,13H,4,12H2. The Labute approximate surface area is 77.9 Å². The zero-order valence-electron chi connectivity index (χ0n) is 7.01. The highest BCUT2D eigenvalue weighted by molar-refractivity contribution is 5.51. The van der Waals surface area contributed by atoms with Gasteiger partial charge in [0.1, 0.15) is 0 Å². The summed E-state index contributed by atoms with van der Waals surface area (Å²) in [7, 11) is 0. The topological polar surface area (TPSA) is 55.5 Å². The van der Waals surface area contributed by atoms with Crippen LogP contribution in [0.25, 0.3) is 0 Å². The second kappa shape index (κ2) is 3.65. The molecule has 1 aromatic rings. The smallest absolute Gasteiger partial charge is 0.422 e. The minimum absolute atomic E-state index is 0.239. The monoisotopic (exact) mass is 207 g/mol. The predicted octanol–water partition coefficient (Wildman–Crippen LogP) is 1.92. The van der Waals surface area contributed by atoms with Gasteiger partial charge in [0, 0.05) is 11.8 Å². The lowest BCUT2D eigenvalue weighted by Crippen LogP contribution is -2.19. The Morgan fingerprint density at radius 2 is 2.00 bits per heavy atom. The Bertz CT molecular complexity index is 325. The molecule has 0 aliphatic carbocycles. The van der Waals surface area contributed by atoms with E-state index < -0.39 is 18.5 Å². The van der Waals surface area contributed by atoms with E-state index >= 15 is 0 Å². The van der Waals surface area contributed by atoms with Crippen LogP contribution in [0.4, 0.5) is 18.9 Å². The minimum atomic E-state index is -4.42. The lowest BCUT2D eigenvalue weighted by molar-refractivity contribution is -0.153. The molecule has 1 aromatic carbocycles. The average molecular weight is 207 g/mol. The molecule has 0 saturated heterocycles. The van der Waals surface area contributed by atoms with Gasteiger partial charge in [-0.15, -0.1) is 0 Å². The van der Waals surface area contributed by atoms with E-state index in [4.69, 9.17) is 10.8 Å². The van der Waals surface area contributed by atoms with Crippen LogP contribution in [-0.2, 0) is 0 Å². The highest BCUT2D eigenvalue weighted by Gasteiger charge is 2.28. The number of hydrogen-bond donors (Lipinski definition) is 2. The van der Waals surface area contributed by atoms with Crippen LogP contribution in [0.15, 0.2) is 18.2 Å². The van der Waals surface area contributed by atoms with Crippen LogP contribution >= 0.6 is 0 Å². The highest BCUT2D eigenvalue weighted by Crippen LogP contribution is 2.29. The van der Waals surface area contributed by atoms with Crippen molar-refractivity contribution in [2.45, 2.75) is 6.18 Å². The Balaban J connectivity index is 2.68. The van der Waals surface area contributed by atoms with Gasteiger partial charge in [-0.1, -0.05) is 0 Å². The number of anilines is 1. The fourth-order valence-corrected chi connectivity index (χ4v) is 0.816. The van der Waals surface area contributed by atoms with Crippen LogP contribution in [0.2, 0.25) is 0 Å². The van der Waals surface area contributed by atoms with Gasteiger partial charge in [-0.05, 0) is 12.1 Å². The molecule has 0 aliphatic heterocycles. The van der Waals surface area contributed by atoms with Crippen molar-refractivity contribution in [3.8, 4) is 11.5 Å². The number of nitrogen functional groups attached to an aromatic ring is 1. The molecule has 0 unspecified atom stereocenters. The quantitative estimate of drug-likeness (QED) is 0.728. The van der Waals surface area contributed by atoms with E-state index in [-0.39, 0.29) is 11.4 Å². The molecule has 6 heteroatoms. The van der Waals surface area contributed by atoms with Crippen LogP contribution in [0.1, 0.15) is 0 Å². The van der Waals surface area contributed by atoms with Crippen LogP contribution in [-0.4, -0.2) is 17.9 Å². The van der Waals surface area contributed by atoms with Crippen molar-refractivity contribution in [2.75, 3.05) is 12.3 Å². The number of phenolic OH excluding ortho intramolecular Hbond substituents is 1. The SMILES string of the molecule is Nc1ccc(OCC(F)(F)F)c(O)c1. The van der Waals surface area contributed by atoms with Gasteiger partial charge in [0.05, 0.1) is 0 Å². The first kappa shape index (κ1) is 10.5. The van der Waals surface area contributed by atoms with Crippen LogP contribution in [0, 0.1) is 0 Å². The molecule has 0 heterocycles. The summed E-state index contributed by atoms with van der Waals surface area (Å²) in [5.74, 6) is -0.647. The molecule has 0 bridgehead atoms. The van der Waals surface area contributed by atoms with Gasteiger partial charge in [0.25, 0.3) is 0 Å². The Kier molecular flexibility index (Phi) is 2.73. The molecular formula is C8H8F3NO2. The molecule has 3 N–H and O–H groups in total. The van der Waals surface area contributed by atoms with Crippen molar-refractivity contribution in [2.24, 2.45) is 0 Å². The zero-order valence-corrected chi connectivity index (χ0v) is 7.01. The number of hydrogen-bond acceptors (Lipinski definition) is 3. The Morgan fingerprint density at radius 3 is 2.50 bits per heavy atom. The van der Waals surface area contributed by atoms with Gasteiger partial charge in [0.15, 0.2) is 18.1 Å². The lowest BCUT2D eigenvalue weighted by atomic mass is 10.3. The number of rotatable bonds is 2. The molecule has 0 aromatic heterocycles. The highest BCUT2D eigenvalue weighted by atomic mass is 19.4. The van der Waals surface area contributed by atoms with Crippen molar-refractivity contribution >= 4 is 5.69 Å². The maximum absolute atomic E-state index is 11.7. The van der Waals surface area contributed by atoms with Gasteiger partial charge < -0.3 is 15.6 Å². The summed E-state index contributed by atoms with van der Waals surface area (Å²) < 4.78 is 39.5. The number of aromatic hydroxyl groups is 1. The molecule has 0 atom stereocenters. The third-order valence-corrected chi connectivity index (χ3v) is 1.37. The molecule has 0 amide bonds. The first-order chi connectivity index (χ1) is 6.38. The normalized spacial score (nSPS) is 11.4. The minimum Gasteiger partial charge on any atom is -0.504 e. The first-order valence-electron chi connectivity index (χ1n) is 3.66. The van der Waals surface area contributed by atoms with Gasteiger partial charge in [-0.25, -0.2) is 0 Å². The molecule has 0 aliphatic rings. The molecule has 0 spiro atoms. The Morgan fingerprint density at radius 1 is 1.36 bits per heavy atom. The Hall–Kier alpha value is -1.59. The van der Waals surface area contributed by atoms with E-state index in [9.17, 15) is 13.2 Å². The predicted molar refractivity (Wildman–Crippen MR) is 44.1 cm³/mol. The molecule has 3 nitrogen and oxygen atoms in total. The number of alkyl halides is 3. The molecule has 0 fully saturated rings. The second-order valence-corrected chi connectivity index (χ2v) is 2.63. The second-order valence-electron chi connectivity index (χ2n) is 2.63. The number of halogens is 3. The van der Waals surface area contributed by atoms with Gasteiger partial charge in [-0.2, -0.15) is 13.2 Å². The molecule has 14 heavy (non-hydrogen) atoms. The van der Waals surface area contributed by atoms with Crippen LogP contribution in [0.3, 0.4) is 0 Å². The summed E-state index contributed by atoms with van der Waals surface area (Å²) >= 11 is 0. The first-order valence-corrected chi connectivity index (χ1v) is 3.66. The number of benzene rings is 1. The average Bonchev–Trinajstić information content (AvgIpc) is 2.00. The van der Waals surface area contributed by atoms with Gasteiger partial charge in [-0.3, -0.25) is 0 Å². The van der Waals surface area contributed by atoms with E-state index in [1.807, 2.05) is 0 Å². The van der Waals surface area contributed by atoms with E-state index in [2.05, 4.69) is 4.74 Å². The van der Waals surface area contributed by atoms with E-state index in [1.165, 1.54) is 12.1 Å². The third kappa shape index (κ3) is 3.04. The molecule has 78 valence electrons. The number of nitrogens with two attached hydrogens (primary N) is 1. The van der Waals surface area contributed by atoms with Crippen molar-refractivity contribution in [1.82, 2.24) is 0 Å². The molecule has 0 radical (unpaired) electrons. The third-order valence-electron chi connectivity index (χ3n) is 1.37. The molecular weight excluding hydrogens is 199 g/mol. The van der Waals surface area contributed by atoms with E-state index in [1.54, 1.807) is 0 Å². The summed E-state index contributed by atoms with van der Waals surface area (Å²) in [5, 5.41) is 9.12. The summed E-state index contributed by atoms with van der Waals surface area (Å²) in [5.41, 5.74) is 5.52. The summed E-state index contributed by atoms with van der Waals surface area (Å²) in [4.78, 5) is 0. The van der Waals surface area contributed by atoms with Crippen molar-refractivity contribution < 1.29 is 23.0 Å². The lowest BCUT2D eigenvalue weighted by Gasteiger charge is -2.10. The summed E-state index contributed by atoms with van der Waals surface area (Å²) in [6.07, 6.45) is -4.42. The van der Waals surface area contributed by atoms with Crippen molar-refractivity contribution in [3.05, 3.63) is 18.2 Å². The fraction of sp³-hybridized carbons (Fsp3) is 0.250. The zero-order chi connectivity index (χ0) is 10.8. The van der Waals surface area contributed by atoms with Crippen LogP contribution < -0.4 is 10.5 Å². The van der Waals surface area contributed by atoms with Crippen molar-refractivity contribution in [3.63, 3.8) is 0 Å². The maximum Gasteiger partial charge on any atom is 0.422 e. The molecule has 0 saturated carbocycles. The van der Waals surface area contributed by atoms with Gasteiger partial charge in [0.2, 0.25) is 0 Å². The number of ether oxygens (including phenoxy) is 1. The van der Waals surface area contributed by atoms with Gasteiger partial charge >= 0.3 is 6.18 Å². The van der Waals surface area contributed by atoms with Crippen LogP contribution in [0.5, 0.6) is 11.5 Å². The largest absolute Gasteiger partial charge is 0.504 e. The summed E-state index contributed by atoms with van der Waals surface area (Å²) in [6, 6.07) is 3.63. The fourth-order valence-electron chi connectivity index (χ4n) is 0.816. The maximum atomic E-state index is 11.7. The number of phenols is 1. The molecule has 1 rings (SSSR count). The summed E-state index contributed by atoms with van der Waals surface area (Å²) in [6.45, 7) is -1.44. The van der Waals surface area contributed by atoms with Crippen molar-refractivity contribution in [1.29, 1.82) is 0 Å².